The third-order valence-corrected chi connectivity index (χ3v) is 4.38. The number of imidazole rings is 1. The van der Waals surface area contributed by atoms with Gasteiger partial charge in [-0.2, -0.15) is 5.10 Å². The Kier molecular flexibility index (Phi) is 5.70. The van der Waals surface area contributed by atoms with Crippen molar-refractivity contribution in [2.24, 2.45) is 0 Å². The Bertz CT molecular complexity index is 694. The van der Waals surface area contributed by atoms with Crippen LogP contribution in [0.4, 0.5) is 4.79 Å². The second-order valence-electron chi connectivity index (χ2n) is 6.18. The van der Waals surface area contributed by atoms with Crippen molar-refractivity contribution in [1.82, 2.24) is 30.0 Å². The molecule has 0 saturated heterocycles. The molecule has 0 bridgehead atoms. The Morgan fingerprint density at radius 2 is 2.36 bits per heavy atom. The van der Waals surface area contributed by atoms with Gasteiger partial charge in [-0.15, -0.1) is 0 Å². The second kappa shape index (κ2) is 8.15. The van der Waals surface area contributed by atoms with Crippen molar-refractivity contribution < 1.29 is 9.53 Å². The van der Waals surface area contributed by atoms with Crippen molar-refractivity contribution in [3.05, 3.63) is 23.7 Å². The third kappa shape index (κ3) is 3.84. The molecule has 1 aliphatic heterocycles. The molecule has 0 aromatic carbocycles. The van der Waals surface area contributed by atoms with Crippen LogP contribution in [0.2, 0.25) is 0 Å². The van der Waals surface area contributed by atoms with Crippen LogP contribution in [0.15, 0.2) is 12.4 Å². The number of nitrogens with zero attached hydrogens (tertiary/aromatic N) is 4. The first kappa shape index (κ1) is 17.5. The van der Waals surface area contributed by atoms with Crippen molar-refractivity contribution in [3.8, 4) is 11.5 Å². The first-order valence-electron chi connectivity index (χ1n) is 8.84. The molecule has 8 nitrogen and oxygen atoms in total. The Balaban J connectivity index is 1.76. The van der Waals surface area contributed by atoms with Crippen molar-refractivity contribution >= 4 is 6.03 Å². The maximum absolute atomic E-state index is 12.4. The van der Waals surface area contributed by atoms with Gasteiger partial charge in [-0.25, -0.2) is 9.78 Å². The standard InChI is InChI=1S/C17H26N6O2/c1-3-9-23-14-5-10-22(17(24)20-6-4-11-25-2)12-13(14)15(21-23)16-18-7-8-19-16/h7-8H,3-6,9-12H2,1-2H3,(H,18,19)(H,20,24). The summed E-state index contributed by atoms with van der Waals surface area (Å²) in [6.45, 7) is 5.56. The Morgan fingerprint density at radius 3 is 3.08 bits per heavy atom. The van der Waals surface area contributed by atoms with Crippen LogP contribution in [0.3, 0.4) is 0 Å². The van der Waals surface area contributed by atoms with Gasteiger partial charge in [-0.05, 0) is 12.8 Å². The maximum Gasteiger partial charge on any atom is 0.317 e. The van der Waals surface area contributed by atoms with Gasteiger partial charge < -0.3 is 19.9 Å². The Hall–Kier alpha value is -2.35. The summed E-state index contributed by atoms with van der Waals surface area (Å²) in [5, 5.41) is 7.71. The van der Waals surface area contributed by atoms with E-state index >= 15 is 0 Å². The zero-order chi connectivity index (χ0) is 17.6. The number of amides is 2. The SMILES string of the molecule is CCCn1nc(-c2ncc[nH]2)c2c1CCN(C(=O)NCCCOC)C2. The van der Waals surface area contributed by atoms with E-state index in [1.807, 2.05) is 4.90 Å². The van der Waals surface area contributed by atoms with Crippen LogP contribution < -0.4 is 5.32 Å². The van der Waals surface area contributed by atoms with E-state index in [9.17, 15) is 4.79 Å². The molecule has 0 fully saturated rings. The van der Waals surface area contributed by atoms with Gasteiger partial charge in [0.25, 0.3) is 0 Å². The van der Waals surface area contributed by atoms with Crippen molar-refractivity contribution in [1.29, 1.82) is 0 Å². The molecular weight excluding hydrogens is 320 g/mol. The van der Waals surface area contributed by atoms with Crippen LogP contribution in [0.5, 0.6) is 0 Å². The molecule has 2 aromatic heterocycles. The Morgan fingerprint density at radius 1 is 1.48 bits per heavy atom. The number of hydrogen-bond acceptors (Lipinski definition) is 4. The number of fused-ring (bicyclic) bond motifs is 1. The zero-order valence-corrected chi connectivity index (χ0v) is 14.9. The van der Waals surface area contributed by atoms with Crippen molar-refractivity contribution in [2.75, 3.05) is 26.8 Å². The highest BCUT2D eigenvalue weighted by Crippen LogP contribution is 2.28. The van der Waals surface area contributed by atoms with E-state index in [0.29, 0.717) is 26.2 Å². The average molecular weight is 346 g/mol. The van der Waals surface area contributed by atoms with E-state index in [4.69, 9.17) is 9.84 Å². The highest BCUT2D eigenvalue weighted by Gasteiger charge is 2.28. The quantitative estimate of drug-likeness (QED) is 0.748. The number of hydrogen-bond donors (Lipinski definition) is 2. The number of ether oxygens (including phenoxy) is 1. The summed E-state index contributed by atoms with van der Waals surface area (Å²) >= 11 is 0. The smallest absolute Gasteiger partial charge is 0.317 e. The number of carbonyl (C=O) groups excluding carboxylic acids is 1. The predicted octanol–water partition coefficient (Wildman–Crippen LogP) is 1.79. The molecule has 0 saturated carbocycles. The van der Waals surface area contributed by atoms with Gasteiger partial charge in [0.1, 0.15) is 5.69 Å². The van der Waals surface area contributed by atoms with E-state index in [2.05, 4.69) is 26.9 Å². The Labute approximate surface area is 147 Å². The van der Waals surface area contributed by atoms with Crippen LogP contribution >= 0.6 is 0 Å². The first-order chi connectivity index (χ1) is 12.2. The van der Waals surface area contributed by atoms with Gasteiger partial charge >= 0.3 is 6.03 Å². The molecule has 0 spiro atoms. The van der Waals surface area contributed by atoms with Crippen molar-refractivity contribution in [2.45, 2.75) is 39.3 Å². The normalized spacial score (nSPS) is 13.8. The fourth-order valence-electron chi connectivity index (χ4n) is 3.17. The molecule has 1 aliphatic rings. The molecule has 2 aromatic rings. The average Bonchev–Trinajstić information content (AvgIpc) is 3.26. The van der Waals surface area contributed by atoms with Crippen LogP contribution in [0, 0.1) is 0 Å². The number of rotatable bonds is 7. The summed E-state index contributed by atoms with van der Waals surface area (Å²) in [7, 11) is 1.66. The monoisotopic (exact) mass is 346 g/mol. The van der Waals surface area contributed by atoms with Gasteiger partial charge in [-0.1, -0.05) is 6.92 Å². The molecule has 25 heavy (non-hydrogen) atoms. The predicted molar refractivity (Wildman–Crippen MR) is 94.1 cm³/mol. The lowest BCUT2D eigenvalue weighted by atomic mass is 10.0. The second-order valence-corrected chi connectivity index (χ2v) is 6.18. The van der Waals surface area contributed by atoms with E-state index in [0.717, 1.165) is 42.9 Å². The van der Waals surface area contributed by atoms with E-state index in [1.165, 1.54) is 5.69 Å². The zero-order valence-electron chi connectivity index (χ0n) is 14.9. The fraction of sp³-hybridized carbons (Fsp3) is 0.588. The van der Waals surface area contributed by atoms with Gasteiger partial charge in [0.2, 0.25) is 0 Å². The molecule has 136 valence electrons. The topological polar surface area (TPSA) is 88.1 Å². The number of aromatic amines is 1. The maximum atomic E-state index is 12.4. The molecule has 2 amide bonds. The highest BCUT2D eigenvalue weighted by molar-refractivity contribution is 5.75. The molecule has 3 rings (SSSR count). The van der Waals surface area contributed by atoms with Crippen LogP contribution in [-0.2, 0) is 24.2 Å². The fourth-order valence-corrected chi connectivity index (χ4v) is 3.17. The van der Waals surface area contributed by atoms with Crippen LogP contribution in [0.25, 0.3) is 11.5 Å². The molecule has 2 N–H and O–H groups in total. The number of nitrogens with one attached hydrogen (secondary N) is 2. The van der Waals surface area contributed by atoms with E-state index < -0.39 is 0 Å². The summed E-state index contributed by atoms with van der Waals surface area (Å²) in [5.74, 6) is 0.758. The number of aryl methyl sites for hydroxylation is 1. The summed E-state index contributed by atoms with van der Waals surface area (Å²) < 4.78 is 7.08. The number of carbonyl (C=O) groups is 1. The van der Waals surface area contributed by atoms with Gasteiger partial charge in [0.15, 0.2) is 5.82 Å². The summed E-state index contributed by atoms with van der Waals surface area (Å²) in [4.78, 5) is 21.7. The van der Waals surface area contributed by atoms with Gasteiger partial charge in [0.05, 0.1) is 6.54 Å². The van der Waals surface area contributed by atoms with Crippen LogP contribution in [-0.4, -0.2) is 57.5 Å². The molecular formula is C17H26N6O2. The number of aromatic nitrogens is 4. The minimum atomic E-state index is -0.0320. The number of methoxy groups -OCH3 is 1. The highest BCUT2D eigenvalue weighted by atomic mass is 16.5. The van der Waals surface area contributed by atoms with Crippen LogP contribution in [0.1, 0.15) is 31.0 Å². The lowest BCUT2D eigenvalue weighted by Gasteiger charge is -2.28. The van der Waals surface area contributed by atoms with Crippen molar-refractivity contribution in [3.63, 3.8) is 0 Å². The summed E-state index contributed by atoms with van der Waals surface area (Å²) in [6, 6.07) is -0.0320. The molecule has 0 radical (unpaired) electrons. The largest absolute Gasteiger partial charge is 0.385 e. The minimum Gasteiger partial charge on any atom is -0.385 e. The van der Waals surface area contributed by atoms with Gasteiger partial charge in [0, 0.05) is 63.4 Å². The molecule has 0 unspecified atom stereocenters. The lowest BCUT2D eigenvalue weighted by molar-refractivity contribution is 0.181. The van der Waals surface area contributed by atoms with Gasteiger partial charge in [-0.3, -0.25) is 4.68 Å². The van der Waals surface area contributed by atoms with E-state index in [1.54, 1.807) is 19.5 Å². The summed E-state index contributed by atoms with van der Waals surface area (Å²) in [5.41, 5.74) is 3.17. The molecule has 8 heteroatoms. The summed E-state index contributed by atoms with van der Waals surface area (Å²) in [6.07, 6.45) is 6.17. The lowest BCUT2D eigenvalue weighted by Crippen LogP contribution is -2.43. The molecule has 0 aliphatic carbocycles. The first-order valence-corrected chi connectivity index (χ1v) is 8.84. The molecule has 0 atom stereocenters. The third-order valence-electron chi connectivity index (χ3n) is 4.38. The number of H-pyrrole nitrogens is 1. The molecule has 3 heterocycles. The minimum absolute atomic E-state index is 0.0320. The van der Waals surface area contributed by atoms with E-state index in [-0.39, 0.29) is 6.03 Å². The number of urea groups is 1.